The molecule has 0 saturated carbocycles. The summed E-state index contributed by atoms with van der Waals surface area (Å²) in [4.78, 5) is 8.89. The number of rotatable bonds is 0. The van der Waals surface area contributed by atoms with Crippen molar-refractivity contribution in [3.05, 3.63) is 48.5 Å². The monoisotopic (exact) mass is 187 g/mol. The number of hydrogen-bond donors (Lipinski definition) is 0. The van der Waals surface area contributed by atoms with Gasteiger partial charge in [-0.2, -0.15) is 0 Å². The van der Waals surface area contributed by atoms with E-state index >= 15 is 0 Å². The smallest absolute Gasteiger partial charge is 0.0383 e. The molecule has 0 spiro atoms. The van der Waals surface area contributed by atoms with Crippen LogP contribution < -0.4 is 5.11 Å². The van der Waals surface area contributed by atoms with Gasteiger partial charge in [-0.25, -0.2) is 0 Å². The van der Waals surface area contributed by atoms with Gasteiger partial charge >= 0.3 is 0 Å². The Bertz CT molecular complexity index is 352. The van der Waals surface area contributed by atoms with Crippen LogP contribution in [0.4, 0.5) is 0 Å². The summed E-state index contributed by atoms with van der Waals surface area (Å²) in [5.74, 6) is -1.08. The van der Waals surface area contributed by atoms with E-state index in [-0.39, 0.29) is 0 Å². The molecule has 2 nitrogen and oxygen atoms in total. The van der Waals surface area contributed by atoms with Gasteiger partial charge in [-0.1, -0.05) is 48.5 Å². The summed E-state index contributed by atoms with van der Waals surface area (Å²) in [7, 11) is 0. The van der Waals surface area contributed by atoms with Crippen molar-refractivity contribution in [2.75, 3.05) is 0 Å². The molecule has 0 aliphatic heterocycles. The van der Waals surface area contributed by atoms with Crippen LogP contribution in [0.25, 0.3) is 10.8 Å². The minimum atomic E-state index is -1.08. The van der Waals surface area contributed by atoms with Crippen molar-refractivity contribution in [3.63, 3.8) is 0 Å². The summed E-state index contributed by atoms with van der Waals surface area (Å²) in [5.41, 5.74) is 0. The number of hydrogen-bond acceptors (Lipinski definition) is 2. The van der Waals surface area contributed by atoms with Crippen LogP contribution in [0, 0.1) is 0 Å². The third-order valence-corrected chi connectivity index (χ3v) is 1.66. The van der Waals surface area contributed by atoms with E-state index in [2.05, 4.69) is 48.5 Å². The summed E-state index contributed by atoms with van der Waals surface area (Å²) in [6.45, 7) is 0.972. The van der Waals surface area contributed by atoms with E-state index in [4.69, 9.17) is 9.90 Å². The van der Waals surface area contributed by atoms with E-state index in [1.807, 2.05) is 0 Å². The molecule has 0 fully saturated rings. The van der Waals surface area contributed by atoms with Crippen LogP contribution in [-0.2, 0) is 4.79 Å². The topological polar surface area (TPSA) is 40.1 Å². The molecular formula is C12H11O2-. The summed E-state index contributed by atoms with van der Waals surface area (Å²) < 4.78 is 0. The van der Waals surface area contributed by atoms with E-state index in [1.54, 1.807) is 0 Å². The van der Waals surface area contributed by atoms with Crippen molar-refractivity contribution in [2.45, 2.75) is 6.92 Å². The second kappa shape index (κ2) is 5.02. The molecule has 0 N–H and O–H groups in total. The third-order valence-electron chi connectivity index (χ3n) is 1.66. The lowest BCUT2D eigenvalue weighted by molar-refractivity contribution is -0.302. The maximum Gasteiger partial charge on any atom is 0.0383 e. The Hall–Kier alpha value is -1.83. The maximum atomic E-state index is 8.89. The van der Waals surface area contributed by atoms with E-state index in [0.29, 0.717) is 0 Å². The van der Waals surface area contributed by atoms with Gasteiger partial charge in [0.1, 0.15) is 0 Å². The first kappa shape index (κ1) is 10.3. The lowest BCUT2D eigenvalue weighted by Crippen LogP contribution is -2.16. The van der Waals surface area contributed by atoms with Crippen molar-refractivity contribution in [2.24, 2.45) is 0 Å². The third kappa shape index (κ3) is 3.27. The molecule has 0 radical (unpaired) electrons. The average Bonchev–Trinajstić information content (AvgIpc) is 2.17. The Morgan fingerprint density at radius 1 is 0.929 bits per heavy atom. The Balaban J connectivity index is 0.000000213. The number of fused-ring (bicyclic) bond motifs is 1. The average molecular weight is 187 g/mol. The Morgan fingerprint density at radius 3 is 1.36 bits per heavy atom. The van der Waals surface area contributed by atoms with Crippen LogP contribution in [0.1, 0.15) is 6.92 Å². The first-order chi connectivity index (χ1) is 6.70. The zero-order valence-corrected chi connectivity index (χ0v) is 7.94. The van der Waals surface area contributed by atoms with Crippen molar-refractivity contribution in [1.29, 1.82) is 0 Å². The summed E-state index contributed by atoms with van der Waals surface area (Å²) in [6, 6.07) is 16.7. The molecule has 0 aromatic heterocycles. The molecular weight excluding hydrogens is 176 g/mol. The van der Waals surface area contributed by atoms with Crippen LogP contribution in [0.2, 0.25) is 0 Å². The van der Waals surface area contributed by atoms with Crippen LogP contribution in [0.3, 0.4) is 0 Å². The molecule has 2 aromatic rings. The Morgan fingerprint density at radius 2 is 1.14 bits per heavy atom. The van der Waals surface area contributed by atoms with E-state index < -0.39 is 5.97 Å². The van der Waals surface area contributed by atoms with Crippen molar-refractivity contribution >= 4 is 16.7 Å². The lowest BCUT2D eigenvalue weighted by Gasteiger charge is -1.92. The first-order valence-electron chi connectivity index (χ1n) is 4.31. The number of carboxylic acids is 1. The molecule has 14 heavy (non-hydrogen) atoms. The zero-order valence-electron chi connectivity index (χ0n) is 7.94. The highest BCUT2D eigenvalue weighted by Crippen LogP contribution is 2.11. The lowest BCUT2D eigenvalue weighted by atomic mass is 10.1. The van der Waals surface area contributed by atoms with Gasteiger partial charge in [-0.3, -0.25) is 0 Å². The Labute approximate surface area is 82.8 Å². The second-order valence-corrected chi connectivity index (χ2v) is 2.84. The SMILES string of the molecule is CC(=O)[O-].c1ccc2ccccc2c1. The normalized spacial score (nSPS) is 8.93. The molecule has 0 bridgehead atoms. The first-order valence-corrected chi connectivity index (χ1v) is 4.31. The number of carbonyl (C=O) groups excluding carboxylic acids is 1. The van der Waals surface area contributed by atoms with Gasteiger partial charge in [0.2, 0.25) is 0 Å². The predicted molar refractivity (Wildman–Crippen MR) is 54.6 cm³/mol. The molecule has 0 atom stereocenters. The Kier molecular flexibility index (Phi) is 3.68. The highest BCUT2D eigenvalue weighted by atomic mass is 16.4. The molecule has 0 aliphatic carbocycles. The summed E-state index contributed by atoms with van der Waals surface area (Å²) in [6.07, 6.45) is 0. The van der Waals surface area contributed by atoms with Gasteiger partial charge in [-0.15, -0.1) is 0 Å². The van der Waals surface area contributed by atoms with E-state index in [9.17, 15) is 0 Å². The molecule has 0 saturated heterocycles. The molecule has 72 valence electrons. The van der Waals surface area contributed by atoms with Crippen LogP contribution in [0.15, 0.2) is 48.5 Å². The van der Waals surface area contributed by atoms with Gasteiger partial charge in [0.05, 0.1) is 0 Å². The highest BCUT2D eigenvalue weighted by molar-refractivity contribution is 5.81. The largest absolute Gasteiger partial charge is 0.550 e. The zero-order chi connectivity index (χ0) is 10.4. The van der Waals surface area contributed by atoms with Crippen LogP contribution in [0.5, 0.6) is 0 Å². The molecule has 2 heteroatoms. The van der Waals surface area contributed by atoms with Gasteiger partial charge in [0.15, 0.2) is 0 Å². The molecule has 0 amide bonds. The second-order valence-electron chi connectivity index (χ2n) is 2.84. The highest BCUT2D eigenvalue weighted by Gasteiger charge is 1.85. The molecule has 0 aliphatic rings. The molecule has 2 rings (SSSR count). The van der Waals surface area contributed by atoms with Crippen molar-refractivity contribution < 1.29 is 9.90 Å². The van der Waals surface area contributed by atoms with Gasteiger partial charge in [-0.05, 0) is 17.7 Å². The molecule has 0 unspecified atom stereocenters. The fourth-order valence-electron chi connectivity index (χ4n) is 1.13. The summed E-state index contributed by atoms with van der Waals surface area (Å²) >= 11 is 0. The number of carbonyl (C=O) groups is 1. The minimum Gasteiger partial charge on any atom is -0.550 e. The maximum absolute atomic E-state index is 8.89. The molecule has 0 heterocycles. The minimum absolute atomic E-state index is 0.972. The van der Waals surface area contributed by atoms with Crippen molar-refractivity contribution in [1.82, 2.24) is 0 Å². The number of benzene rings is 2. The fraction of sp³-hybridized carbons (Fsp3) is 0.0833. The summed E-state index contributed by atoms with van der Waals surface area (Å²) in [5, 5.41) is 11.5. The van der Waals surface area contributed by atoms with E-state index in [1.165, 1.54) is 10.8 Å². The number of carboxylic acid groups (broad SMARTS) is 1. The van der Waals surface area contributed by atoms with Crippen LogP contribution in [-0.4, -0.2) is 5.97 Å². The predicted octanol–water partition coefficient (Wildman–Crippen LogP) is 1.60. The van der Waals surface area contributed by atoms with E-state index in [0.717, 1.165) is 6.92 Å². The van der Waals surface area contributed by atoms with Crippen molar-refractivity contribution in [3.8, 4) is 0 Å². The molecule has 2 aromatic carbocycles. The standard InChI is InChI=1S/C10H8.C2H4O2/c1-2-6-10-8-4-3-7-9(10)5-1;1-2(3)4/h1-8H;1H3,(H,3,4)/p-1. The fourth-order valence-corrected chi connectivity index (χ4v) is 1.13. The number of aliphatic carboxylic acids is 1. The van der Waals surface area contributed by atoms with Gasteiger partial charge in [0, 0.05) is 5.97 Å². The van der Waals surface area contributed by atoms with Gasteiger partial charge in [0.25, 0.3) is 0 Å². The van der Waals surface area contributed by atoms with Gasteiger partial charge < -0.3 is 9.90 Å². The van der Waals surface area contributed by atoms with Crippen LogP contribution >= 0.6 is 0 Å². The quantitative estimate of drug-likeness (QED) is 0.628.